The summed E-state index contributed by atoms with van der Waals surface area (Å²) in [7, 11) is 0. The summed E-state index contributed by atoms with van der Waals surface area (Å²) in [6, 6.07) is 17.9. The highest BCUT2D eigenvalue weighted by atomic mass is 16.3. The molecule has 2 aromatic carbocycles. The van der Waals surface area contributed by atoms with Crippen LogP contribution in [-0.2, 0) is 5.60 Å². The number of rotatable bonds is 1. The van der Waals surface area contributed by atoms with Crippen molar-refractivity contribution in [3.05, 3.63) is 76.4 Å². The quantitative estimate of drug-likeness (QED) is 0.853. The highest BCUT2D eigenvalue weighted by Gasteiger charge is 2.40. The molecule has 0 aliphatic heterocycles. The van der Waals surface area contributed by atoms with Crippen molar-refractivity contribution in [2.45, 2.75) is 19.4 Å². The smallest absolute Gasteiger partial charge is 0.123 e. The van der Waals surface area contributed by atoms with E-state index < -0.39 is 5.60 Å². The topological polar surface area (TPSA) is 44.0 Å². The molecule has 1 N–H and O–H groups in total. The summed E-state index contributed by atoms with van der Waals surface area (Å²) in [5.41, 5.74) is 3.84. The minimum atomic E-state index is -1.22. The summed E-state index contributed by atoms with van der Waals surface area (Å²) in [6.07, 6.45) is 0. The molecule has 2 aromatic rings. The molecular formula is C18H15NO. The van der Waals surface area contributed by atoms with Gasteiger partial charge in [-0.15, -0.1) is 0 Å². The standard InChI is InChI=1S/C18H15NO/c1-12-8-9-14-15(10-12)18(2,20)16(11-19)17(14)13-6-4-3-5-7-13/h3-10,20H,1-2H3. The minimum absolute atomic E-state index is 0.421. The third-order valence-electron chi connectivity index (χ3n) is 3.88. The molecule has 0 fully saturated rings. The van der Waals surface area contributed by atoms with Gasteiger partial charge in [-0.2, -0.15) is 5.26 Å². The van der Waals surface area contributed by atoms with Gasteiger partial charge in [0, 0.05) is 5.57 Å². The Kier molecular flexibility index (Phi) is 2.74. The Bertz CT molecular complexity index is 749. The van der Waals surface area contributed by atoms with E-state index >= 15 is 0 Å². The lowest BCUT2D eigenvalue weighted by atomic mass is 9.92. The van der Waals surface area contributed by atoms with E-state index in [1.165, 1.54) is 0 Å². The van der Waals surface area contributed by atoms with Crippen molar-refractivity contribution in [3.8, 4) is 6.07 Å². The molecule has 0 saturated carbocycles. The zero-order chi connectivity index (χ0) is 14.3. The molecule has 0 aromatic heterocycles. The van der Waals surface area contributed by atoms with Crippen LogP contribution in [0.15, 0.2) is 54.1 Å². The van der Waals surface area contributed by atoms with Gasteiger partial charge in [0.25, 0.3) is 0 Å². The fourth-order valence-electron chi connectivity index (χ4n) is 2.86. The third kappa shape index (κ3) is 1.68. The van der Waals surface area contributed by atoms with Crippen LogP contribution in [0.4, 0.5) is 0 Å². The number of hydrogen-bond acceptors (Lipinski definition) is 2. The summed E-state index contributed by atoms with van der Waals surface area (Å²) < 4.78 is 0. The van der Waals surface area contributed by atoms with Crippen LogP contribution in [0.3, 0.4) is 0 Å². The average Bonchev–Trinajstić information content (AvgIpc) is 2.67. The molecule has 0 bridgehead atoms. The van der Waals surface area contributed by atoms with Gasteiger partial charge in [-0.1, -0.05) is 54.1 Å². The first-order valence-corrected chi connectivity index (χ1v) is 6.60. The van der Waals surface area contributed by atoms with E-state index in [1.54, 1.807) is 6.92 Å². The van der Waals surface area contributed by atoms with Gasteiger partial charge in [0.2, 0.25) is 0 Å². The summed E-state index contributed by atoms with van der Waals surface area (Å²) in [5.74, 6) is 0. The monoisotopic (exact) mass is 261 g/mol. The van der Waals surface area contributed by atoms with Crippen molar-refractivity contribution in [2.75, 3.05) is 0 Å². The molecule has 1 aliphatic rings. The van der Waals surface area contributed by atoms with E-state index in [4.69, 9.17) is 0 Å². The lowest BCUT2D eigenvalue weighted by Crippen LogP contribution is -2.20. The van der Waals surface area contributed by atoms with Gasteiger partial charge in [0.15, 0.2) is 0 Å². The Morgan fingerprint density at radius 2 is 1.80 bits per heavy atom. The van der Waals surface area contributed by atoms with Crippen LogP contribution < -0.4 is 0 Å². The van der Waals surface area contributed by atoms with Crippen molar-refractivity contribution in [1.82, 2.24) is 0 Å². The van der Waals surface area contributed by atoms with E-state index in [0.717, 1.165) is 27.8 Å². The lowest BCUT2D eigenvalue weighted by Gasteiger charge is -2.19. The van der Waals surface area contributed by atoms with Crippen molar-refractivity contribution < 1.29 is 5.11 Å². The number of fused-ring (bicyclic) bond motifs is 1. The number of aryl methyl sites for hydroxylation is 1. The summed E-state index contributed by atoms with van der Waals surface area (Å²) in [5, 5.41) is 20.3. The van der Waals surface area contributed by atoms with Crippen molar-refractivity contribution >= 4 is 5.57 Å². The van der Waals surface area contributed by atoms with E-state index in [0.29, 0.717) is 5.57 Å². The molecule has 2 heteroatoms. The normalized spacial score (nSPS) is 20.7. The third-order valence-corrected chi connectivity index (χ3v) is 3.88. The molecule has 0 spiro atoms. The van der Waals surface area contributed by atoms with E-state index in [9.17, 15) is 10.4 Å². The molecule has 98 valence electrons. The first-order valence-electron chi connectivity index (χ1n) is 6.60. The van der Waals surface area contributed by atoms with Crippen LogP contribution >= 0.6 is 0 Å². The SMILES string of the molecule is Cc1ccc2c(c1)C(C)(O)C(C#N)=C2c1ccccc1. The largest absolute Gasteiger partial charge is 0.380 e. The maximum absolute atomic E-state index is 10.8. The van der Waals surface area contributed by atoms with Crippen LogP contribution in [0.5, 0.6) is 0 Å². The zero-order valence-electron chi connectivity index (χ0n) is 11.5. The maximum Gasteiger partial charge on any atom is 0.123 e. The predicted octanol–water partition coefficient (Wildman–Crippen LogP) is 3.54. The number of nitrogens with zero attached hydrogens (tertiary/aromatic N) is 1. The zero-order valence-corrected chi connectivity index (χ0v) is 11.5. The second kappa shape index (κ2) is 4.33. The highest BCUT2D eigenvalue weighted by Crippen LogP contribution is 2.47. The Morgan fingerprint density at radius 1 is 1.10 bits per heavy atom. The molecule has 1 aliphatic carbocycles. The van der Waals surface area contributed by atoms with Crippen LogP contribution in [0.1, 0.15) is 29.2 Å². The highest BCUT2D eigenvalue weighted by molar-refractivity contribution is 5.91. The van der Waals surface area contributed by atoms with Gasteiger partial charge in [0.05, 0.1) is 11.6 Å². The lowest BCUT2D eigenvalue weighted by molar-refractivity contribution is 0.106. The Labute approximate surface area is 118 Å². The maximum atomic E-state index is 10.8. The molecule has 0 saturated heterocycles. The van der Waals surface area contributed by atoms with Crippen molar-refractivity contribution in [3.63, 3.8) is 0 Å². The molecule has 2 nitrogen and oxygen atoms in total. The van der Waals surface area contributed by atoms with Crippen molar-refractivity contribution in [2.24, 2.45) is 0 Å². The van der Waals surface area contributed by atoms with Crippen molar-refractivity contribution in [1.29, 1.82) is 5.26 Å². The molecule has 0 radical (unpaired) electrons. The number of aliphatic hydroxyl groups is 1. The minimum Gasteiger partial charge on any atom is -0.380 e. The van der Waals surface area contributed by atoms with Crippen LogP contribution in [-0.4, -0.2) is 5.11 Å². The van der Waals surface area contributed by atoms with Gasteiger partial charge < -0.3 is 5.11 Å². The summed E-state index contributed by atoms with van der Waals surface area (Å²) in [6.45, 7) is 3.68. The number of nitriles is 1. The molecule has 0 heterocycles. The van der Waals surface area contributed by atoms with Crippen LogP contribution in [0.2, 0.25) is 0 Å². The second-order valence-corrected chi connectivity index (χ2v) is 5.35. The predicted molar refractivity (Wildman–Crippen MR) is 78.8 cm³/mol. The fraction of sp³-hybridized carbons (Fsp3) is 0.167. The van der Waals surface area contributed by atoms with E-state index in [2.05, 4.69) is 6.07 Å². The molecule has 3 rings (SSSR count). The molecule has 20 heavy (non-hydrogen) atoms. The van der Waals surface area contributed by atoms with Gasteiger partial charge >= 0.3 is 0 Å². The Balaban J connectivity index is 2.35. The molecule has 1 unspecified atom stereocenters. The first kappa shape index (κ1) is 12.7. The molecular weight excluding hydrogens is 246 g/mol. The van der Waals surface area contributed by atoms with Gasteiger partial charge in [-0.05, 0) is 30.5 Å². The van der Waals surface area contributed by atoms with E-state index in [1.807, 2.05) is 55.5 Å². The van der Waals surface area contributed by atoms with Gasteiger partial charge in [-0.25, -0.2) is 0 Å². The van der Waals surface area contributed by atoms with Crippen LogP contribution in [0, 0.1) is 18.3 Å². The average molecular weight is 261 g/mol. The van der Waals surface area contributed by atoms with Gasteiger partial charge in [0.1, 0.15) is 5.60 Å². The molecule has 1 atom stereocenters. The summed E-state index contributed by atoms with van der Waals surface area (Å²) >= 11 is 0. The number of hydrogen-bond donors (Lipinski definition) is 1. The first-order chi connectivity index (χ1) is 9.55. The van der Waals surface area contributed by atoms with Gasteiger partial charge in [-0.3, -0.25) is 0 Å². The molecule has 0 amide bonds. The van der Waals surface area contributed by atoms with E-state index in [-0.39, 0.29) is 0 Å². The second-order valence-electron chi connectivity index (χ2n) is 5.35. The fourth-order valence-corrected chi connectivity index (χ4v) is 2.86. The number of benzene rings is 2. The Hall–Kier alpha value is -2.37. The summed E-state index contributed by atoms with van der Waals surface area (Å²) in [4.78, 5) is 0. The van der Waals surface area contributed by atoms with Crippen LogP contribution in [0.25, 0.3) is 5.57 Å². The Morgan fingerprint density at radius 3 is 2.45 bits per heavy atom.